The van der Waals surface area contributed by atoms with Crippen LogP contribution in [0, 0.1) is 24.2 Å². The maximum Gasteiger partial charge on any atom is 0.177 e. The number of rotatable bonds is 2. The molecular formula is C21H17NO2. The Morgan fingerprint density at radius 1 is 1.38 bits per heavy atom. The van der Waals surface area contributed by atoms with Crippen molar-refractivity contribution in [1.29, 1.82) is 0 Å². The number of pyridine rings is 1. The molecule has 2 aromatic rings. The van der Waals surface area contributed by atoms with Crippen LogP contribution in [0.25, 0.3) is 24.5 Å². The van der Waals surface area contributed by atoms with E-state index in [9.17, 15) is 5.11 Å². The molecule has 0 unspecified atom stereocenters. The number of ether oxygens (including phenoxy) is 1. The standard InChI is InChI=1S/C21H17NO2/c1-4-8-20-18(13-14-24-3)16(2)19(15-22-20)21(23)12-11-17-9-6-5-7-10-17/h1,5-10,13,15,23H,2,14H2,3H3/b18-13-,20-8+,21-19?. The third-order valence-electron chi connectivity index (χ3n) is 3.29. The molecule has 2 rings (SSSR count). The fourth-order valence-electron chi connectivity index (χ4n) is 2.09. The molecule has 1 aromatic heterocycles. The Hall–Kier alpha value is -3.27. The van der Waals surface area contributed by atoms with Gasteiger partial charge in [-0.15, -0.1) is 6.42 Å². The van der Waals surface area contributed by atoms with Crippen molar-refractivity contribution in [3.63, 3.8) is 0 Å². The van der Waals surface area contributed by atoms with E-state index in [0.29, 0.717) is 22.4 Å². The molecule has 0 atom stereocenters. The largest absolute Gasteiger partial charge is 0.500 e. The molecule has 3 nitrogen and oxygen atoms in total. The molecule has 0 fully saturated rings. The van der Waals surface area contributed by atoms with Crippen molar-refractivity contribution in [2.24, 2.45) is 0 Å². The Kier molecular flexibility index (Phi) is 5.97. The molecule has 0 aliphatic carbocycles. The first kappa shape index (κ1) is 17.1. The van der Waals surface area contributed by atoms with Gasteiger partial charge in [-0.3, -0.25) is 4.98 Å². The highest BCUT2D eigenvalue weighted by Crippen LogP contribution is 1.95. The average molecular weight is 315 g/mol. The molecule has 0 saturated carbocycles. The van der Waals surface area contributed by atoms with Crippen LogP contribution in [-0.4, -0.2) is 23.8 Å². The molecule has 24 heavy (non-hydrogen) atoms. The summed E-state index contributed by atoms with van der Waals surface area (Å²) in [5, 5.41) is 12.7. The summed E-state index contributed by atoms with van der Waals surface area (Å²) in [5.41, 5.74) is 0.811. The number of aliphatic hydroxyl groups excluding tert-OH is 1. The lowest BCUT2D eigenvalue weighted by Crippen LogP contribution is -2.49. The van der Waals surface area contributed by atoms with Gasteiger partial charge in [0.05, 0.1) is 17.2 Å². The van der Waals surface area contributed by atoms with E-state index in [1.54, 1.807) is 13.2 Å². The highest BCUT2D eigenvalue weighted by atomic mass is 16.5. The Balaban J connectivity index is 2.68. The summed E-state index contributed by atoms with van der Waals surface area (Å²) in [4.78, 5) is 4.28. The Morgan fingerprint density at radius 2 is 2.12 bits per heavy atom. The van der Waals surface area contributed by atoms with E-state index in [1.807, 2.05) is 36.4 Å². The zero-order valence-corrected chi connectivity index (χ0v) is 13.4. The molecule has 1 aromatic carbocycles. The van der Waals surface area contributed by atoms with Crippen LogP contribution in [0.5, 0.6) is 0 Å². The van der Waals surface area contributed by atoms with Gasteiger partial charge >= 0.3 is 0 Å². The monoisotopic (exact) mass is 315 g/mol. The number of benzene rings is 1. The Labute approximate surface area is 141 Å². The lowest BCUT2D eigenvalue weighted by Gasteiger charge is -1.96. The van der Waals surface area contributed by atoms with Crippen LogP contribution in [0.1, 0.15) is 5.56 Å². The van der Waals surface area contributed by atoms with Crippen LogP contribution in [0.3, 0.4) is 0 Å². The predicted molar refractivity (Wildman–Crippen MR) is 97.3 cm³/mol. The van der Waals surface area contributed by atoms with Gasteiger partial charge in [-0.05, 0) is 29.3 Å². The molecule has 0 spiro atoms. The second kappa shape index (κ2) is 8.39. The number of hydrogen-bond acceptors (Lipinski definition) is 3. The maximum absolute atomic E-state index is 10.3. The van der Waals surface area contributed by atoms with Gasteiger partial charge in [-0.2, -0.15) is 0 Å². The minimum Gasteiger partial charge on any atom is -0.500 e. The highest BCUT2D eigenvalue weighted by molar-refractivity contribution is 5.58. The van der Waals surface area contributed by atoms with Crippen molar-refractivity contribution in [2.75, 3.05) is 13.7 Å². The number of hydrogen-bond donors (Lipinski definition) is 1. The Morgan fingerprint density at radius 3 is 2.79 bits per heavy atom. The summed E-state index contributed by atoms with van der Waals surface area (Å²) in [6.45, 7) is 4.41. The van der Waals surface area contributed by atoms with Crippen molar-refractivity contribution in [1.82, 2.24) is 4.98 Å². The molecule has 1 N–H and O–H groups in total. The average Bonchev–Trinajstić information content (AvgIpc) is 2.60. The van der Waals surface area contributed by atoms with Crippen molar-refractivity contribution in [2.45, 2.75) is 0 Å². The van der Waals surface area contributed by atoms with E-state index in [2.05, 4.69) is 29.3 Å². The van der Waals surface area contributed by atoms with Gasteiger partial charge < -0.3 is 9.84 Å². The second-order valence-electron chi connectivity index (χ2n) is 4.88. The minimum atomic E-state index is -0.0873. The van der Waals surface area contributed by atoms with E-state index in [-0.39, 0.29) is 5.76 Å². The molecule has 0 bridgehead atoms. The van der Waals surface area contributed by atoms with Crippen molar-refractivity contribution < 1.29 is 9.84 Å². The summed E-state index contributed by atoms with van der Waals surface area (Å²) < 4.78 is 5.07. The van der Waals surface area contributed by atoms with Gasteiger partial charge in [0.25, 0.3) is 0 Å². The van der Waals surface area contributed by atoms with Gasteiger partial charge in [0, 0.05) is 30.2 Å². The second-order valence-corrected chi connectivity index (χ2v) is 4.88. The van der Waals surface area contributed by atoms with E-state index in [4.69, 9.17) is 11.2 Å². The first-order valence-electron chi connectivity index (χ1n) is 7.27. The smallest absolute Gasteiger partial charge is 0.177 e. The van der Waals surface area contributed by atoms with Gasteiger partial charge in [0.1, 0.15) is 0 Å². The summed E-state index contributed by atoms with van der Waals surface area (Å²) in [6, 6.07) is 9.42. The molecular weight excluding hydrogens is 298 g/mol. The lowest BCUT2D eigenvalue weighted by atomic mass is 10.2. The predicted octanol–water partition coefficient (Wildman–Crippen LogP) is 0.0504. The summed E-state index contributed by atoms with van der Waals surface area (Å²) >= 11 is 0. The topological polar surface area (TPSA) is 42.4 Å². The quantitative estimate of drug-likeness (QED) is 0.797. The Bertz CT molecular complexity index is 1050. The van der Waals surface area contributed by atoms with Crippen LogP contribution >= 0.6 is 0 Å². The molecule has 0 saturated heterocycles. The highest BCUT2D eigenvalue weighted by Gasteiger charge is 1.96. The summed E-state index contributed by atoms with van der Waals surface area (Å²) in [6.07, 6.45) is 10.2. The molecule has 0 aliphatic rings. The van der Waals surface area contributed by atoms with E-state index in [0.717, 1.165) is 10.8 Å². The van der Waals surface area contributed by atoms with Crippen LogP contribution in [-0.2, 0) is 4.74 Å². The normalized spacial score (nSPS) is 13.0. The SMILES string of the molecule is C#C/C=c1/ncc(=C(O)C#Cc2ccccc2)c(=C)/c1=C/COC. The molecule has 3 heteroatoms. The van der Waals surface area contributed by atoms with Gasteiger partial charge in [0.2, 0.25) is 0 Å². The van der Waals surface area contributed by atoms with Crippen molar-refractivity contribution >= 4 is 24.5 Å². The molecule has 118 valence electrons. The van der Waals surface area contributed by atoms with Crippen LogP contribution in [0.15, 0.2) is 36.5 Å². The van der Waals surface area contributed by atoms with Crippen LogP contribution in [0.4, 0.5) is 0 Å². The van der Waals surface area contributed by atoms with E-state index in [1.165, 1.54) is 6.20 Å². The number of methoxy groups -OCH3 is 1. The third kappa shape index (κ3) is 4.14. The number of aromatic nitrogens is 1. The van der Waals surface area contributed by atoms with Gasteiger partial charge in [-0.25, -0.2) is 0 Å². The fraction of sp³-hybridized carbons (Fsp3) is 0.0952. The zero-order chi connectivity index (χ0) is 17.4. The lowest BCUT2D eigenvalue weighted by molar-refractivity contribution is 0.243. The number of terminal acetylenes is 1. The fourth-order valence-corrected chi connectivity index (χ4v) is 2.09. The van der Waals surface area contributed by atoms with Gasteiger partial charge in [-0.1, -0.05) is 36.6 Å². The third-order valence-corrected chi connectivity index (χ3v) is 3.29. The molecule has 1 heterocycles. The number of nitrogens with zero attached hydrogens (tertiary/aromatic N) is 1. The van der Waals surface area contributed by atoms with Crippen molar-refractivity contribution in [3.8, 4) is 24.2 Å². The van der Waals surface area contributed by atoms with Gasteiger partial charge in [0.15, 0.2) is 5.76 Å². The molecule has 0 radical (unpaired) electrons. The molecule has 0 amide bonds. The zero-order valence-electron chi connectivity index (χ0n) is 13.4. The van der Waals surface area contributed by atoms with E-state index >= 15 is 0 Å². The minimum absolute atomic E-state index is 0.0873. The van der Waals surface area contributed by atoms with Crippen LogP contribution in [0.2, 0.25) is 0 Å². The first-order chi connectivity index (χ1) is 11.7. The first-order valence-corrected chi connectivity index (χ1v) is 7.27. The maximum atomic E-state index is 10.3. The molecule has 0 aliphatic heterocycles. The van der Waals surface area contributed by atoms with Crippen LogP contribution < -0.4 is 21.0 Å². The number of aliphatic hydroxyl groups is 1. The summed E-state index contributed by atoms with van der Waals surface area (Å²) in [7, 11) is 1.59. The van der Waals surface area contributed by atoms with Crippen molar-refractivity contribution in [3.05, 3.63) is 63.1 Å². The van der Waals surface area contributed by atoms with E-state index < -0.39 is 0 Å². The summed E-state index contributed by atoms with van der Waals surface area (Å²) in [5.74, 6) is 8.00.